The molecule has 0 saturated carbocycles. The molecule has 30 heavy (non-hydrogen) atoms. The van der Waals surface area contributed by atoms with Crippen molar-refractivity contribution >= 4 is 17.4 Å². The molecule has 5 heteroatoms. The van der Waals surface area contributed by atoms with Gasteiger partial charge in [0, 0.05) is 20.2 Å². The molecule has 0 atom stereocenters. The minimum absolute atomic E-state index is 0.197. The van der Waals surface area contributed by atoms with Crippen LogP contribution in [0.4, 0.5) is 0 Å². The third kappa shape index (κ3) is 4.17. The lowest BCUT2D eigenvalue weighted by Gasteiger charge is -2.34. The normalized spacial score (nSPS) is 17.9. The van der Waals surface area contributed by atoms with Crippen molar-refractivity contribution in [3.8, 4) is 0 Å². The Morgan fingerprint density at radius 1 is 0.900 bits per heavy atom. The van der Waals surface area contributed by atoms with E-state index in [1.54, 1.807) is 7.11 Å². The van der Waals surface area contributed by atoms with Crippen molar-refractivity contribution in [1.82, 2.24) is 9.80 Å². The van der Waals surface area contributed by atoms with E-state index in [1.807, 2.05) is 36.4 Å². The molecule has 1 saturated heterocycles. The summed E-state index contributed by atoms with van der Waals surface area (Å²) in [6.45, 7) is 2.20. The van der Waals surface area contributed by atoms with Crippen molar-refractivity contribution in [3.05, 3.63) is 77.5 Å². The van der Waals surface area contributed by atoms with Crippen LogP contribution in [-0.4, -0.2) is 55.0 Å². The molecule has 4 rings (SSSR count). The molecule has 0 aromatic heterocycles. The van der Waals surface area contributed by atoms with E-state index in [4.69, 9.17) is 4.74 Å². The van der Waals surface area contributed by atoms with Gasteiger partial charge in [0.05, 0.1) is 18.7 Å². The van der Waals surface area contributed by atoms with Crippen molar-refractivity contribution in [2.45, 2.75) is 19.3 Å². The van der Waals surface area contributed by atoms with Gasteiger partial charge in [-0.25, -0.2) is 0 Å². The van der Waals surface area contributed by atoms with Gasteiger partial charge in [0.1, 0.15) is 5.70 Å². The van der Waals surface area contributed by atoms with Gasteiger partial charge in [0.2, 0.25) is 0 Å². The monoisotopic (exact) mass is 404 g/mol. The van der Waals surface area contributed by atoms with Crippen LogP contribution in [-0.2, 0) is 20.7 Å². The minimum atomic E-state index is -0.218. The van der Waals surface area contributed by atoms with E-state index in [2.05, 4.69) is 29.2 Å². The highest BCUT2D eigenvalue weighted by atomic mass is 16.5. The second kappa shape index (κ2) is 9.26. The molecule has 0 spiro atoms. The summed E-state index contributed by atoms with van der Waals surface area (Å²) in [7, 11) is 1.58. The zero-order valence-electron chi connectivity index (χ0n) is 17.4. The average Bonchev–Trinajstić information content (AvgIpc) is 3.04. The van der Waals surface area contributed by atoms with Crippen molar-refractivity contribution in [3.63, 3.8) is 0 Å². The predicted octanol–water partition coefficient (Wildman–Crippen LogP) is 3.37. The summed E-state index contributed by atoms with van der Waals surface area (Å²) in [6.07, 6.45) is 3.09. The van der Waals surface area contributed by atoms with E-state index < -0.39 is 0 Å². The lowest BCUT2D eigenvalue weighted by molar-refractivity contribution is -0.138. The minimum Gasteiger partial charge on any atom is -0.383 e. The van der Waals surface area contributed by atoms with Gasteiger partial charge in [0.25, 0.3) is 11.8 Å². The fraction of sp³-hybridized carbons (Fsp3) is 0.360. The summed E-state index contributed by atoms with van der Waals surface area (Å²) in [6, 6.07) is 20.1. The van der Waals surface area contributed by atoms with E-state index >= 15 is 0 Å². The van der Waals surface area contributed by atoms with E-state index in [1.165, 1.54) is 10.5 Å². The van der Waals surface area contributed by atoms with Crippen LogP contribution >= 0.6 is 0 Å². The quantitative estimate of drug-likeness (QED) is 0.664. The molecule has 2 aromatic carbocycles. The van der Waals surface area contributed by atoms with Gasteiger partial charge >= 0.3 is 0 Å². The van der Waals surface area contributed by atoms with Crippen LogP contribution in [0.1, 0.15) is 24.0 Å². The first-order valence-corrected chi connectivity index (χ1v) is 10.6. The number of benzene rings is 2. The van der Waals surface area contributed by atoms with Crippen LogP contribution in [0.25, 0.3) is 5.57 Å². The first kappa shape index (κ1) is 20.4. The first-order chi connectivity index (χ1) is 14.7. The Balaban J connectivity index is 1.54. The van der Waals surface area contributed by atoms with Crippen LogP contribution in [0.2, 0.25) is 0 Å². The Hall–Kier alpha value is -2.92. The number of ether oxygens (including phenoxy) is 1. The van der Waals surface area contributed by atoms with Gasteiger partial charge in [-0.2, -0.15) is 0 Å². The molecular formula is C25H28N2O3. The molecule has 2 aromatic rings. The zero-order chi connectivity index (χ0) is 20.9. The third-order valence-corrected chi connectivity index (χ3v) is 6.02. The number of rotatable bonds is 7. The summed E-state index contributed by atoms with van der Waals surface area (Å²) in [5, 5.41) is 0. The highest BCUT2D eigenvalue weighted by Gasteiger charge is 2.41. The van der Waals surface area contributed by atoms with E-state index in [-0.39, 0.29) is 18.4 Å². The average molecular weight is 405 g/mol. The SMILES string of the molecule is COCCN1C(=O)C(c2ccccc2)=C(N2CCC(Cc3ccccc3)CC2)C1=O. The van der Waals surface area contributed by atoms with Crippen LogP contribution in [0, 0.1) is 5.92 Å². The number of methoxy groups -OCH3 is 1. The molecule has 156 valence electrons. The lowest BCUT2D eigenvalue weighted by atomic mass is 9.89. The molecule has 0 N–H and O–H groups in total. The molecule has 0 radical (unpaired) electrons. The number of hydrogen-bond donors (Lipinski definition) is 0. The van der Waals surface area contributed by atoms with Crippen LogP contribution in [0.15, 0.2) is 66.4 Å². The molecule has 0 bridgehead atoms. The summed E-state index contributed by atoms with van der Waals surface area (Å²) < 4.78 is 5.11. The molecule has 1 fully saturated rings. The molecule has 2 aliphatic heterocycles. The van der Waals surface area contributed by atoms with Crippen molar-refractivity contribution in [1.29, 1.82) is 0 Å². The highest BCUT2D eigenvalue weighted by Crippen LogP contribution is 2.34. The number of likely N-dealkylation sites (tertiary alicyclic amines) is 1. The number of hydrogen-bond acceptors (Lipinski definition) is 4. The number of nitrogens with zero attached hydrogens (tertiary/aromatic N) is 2. The van der Waals surface area contributed by atoms with Gasteiger partial charge < -0.3 is 9.64 Å². The Kier molecular flexibility index (Phi) is 6.29. The second-order valence-corrected chi connectivity index (χ2v) is 7.96. The summed E-state index contributed by atoms with van der Waals surface area (Å²) in [4.78, 5) is 29.8. The molecule has 2 amide bonds. The first-order valence-electron chi connectivity index (χ1n) is 10.6. The topological polar surface area (TPSA) is 49.9 Å². The van der Waals surface area contributed by atoms with Gasteiger partial charge in [-0.05, 0) is 36.3 Å². The molecule has 5 nitrogen and oxygen atoms in total. The van der Waals surface area contributed by atoms with Gasteiger partial charge in [0.15, 0.2) is 0 Å². The number of amides is 2. The van der Waals surface area contributed by atoms with Crippen LogP contribution in [0.5, 0.6) is 0 Å². The van der Waals surface area contributed by atoms with Crippen molar-refractivity contribution in [2.75, 3.05) is 33.4 Å². The largest absolute Gasteiger partial charge is 0.383 e. The van der Waals surface area contributed by atoms with Gasteiger partial charge in [-0.1, -0.05) is 60.7 Å². The fourth-order valence-corrected chi connectivity index (χ4v) is 4.42. The van der Waals surface area contributed by atoms with E-state index in [0.717, 1.165) is 37.9 Å². The third-order valence-electron chi connectivity index (χ3n) is 6.02. The smallest absolute Gasteiger partial charge is 0.277 e. The summed E-state index contributed by atoms with van der Waals surface area (Å²) in [5.74, 6) is 0.184. The Morgan fingerprint density at radius 3 is 2.17 bits per heavy atom. The zero-order valence-corrected chi connectivity index (χ0v) is 17.4. The Labute approximate surface area is 177 Å². The van der Waals surface area contributed by atoms with Crippen LogP contribution in [0.3, 0.4) is 0 Å². The van der Waals surface area contributed by atoms with Crippen molar-refractivity contribution in [2.24, 2.45) is 5.92 Å². The molecular weight excluding hydrogens is 376 g/mol. The van der Waals surface area contributed by atoms with E-state index in [0.29, 0.717) is 23.8 Å². The second-order valence-electron chi connectivity index (χ2n) is 7.96. The molecule has 0 unspecified atom stereocenters. The predicted molar refractivity (Wildman–Crippen MR) is 116 cm³/mol. The number of carbonyl (C=O) groups excluding carboxylic acids is 2. The maximum atomic E-state index is 13.2. The molecule has 2 aliphatic rings. The summed E-state index contributed by atoms with van der Waals surface area (Å²) >= 11 is 0. The maximum absolute atomic E-state index is 13.2. The Morgan fingerprint density at radius 2 is 1.53 bits per heavy atom. The number of carbonyl (C=O) groups is 2. The fourth-order valence-electron chi connectivity index (χ4n) is 4.42. The standard InChI is InChI=1S/C25H28N2O3/c1-30-17-16-27-24(28)22(21-10-6-3-7-11-21)23(25(27)29)26-14-12-20(13-15-26)18-19-8-4-2-5-9-19/h2-11,20H,12-18H2,1H3. The number of piperidine rings is 1. The molecule has 2 heterocycles. The maximum Gasteiger partial charge on any atom is 0.277 e. The van der Waals surface area contributed by atoms with E-state index in [9.17, 15) is 9.59 Å². The van der Waals surface area contributed by atoms with Gasteiger partial charge in [-0.3, -0.25) is 14.5 Å². The van der Waals surface area contributed by atoms with Gasteiger partial charge in [-0.15, -0.1) is 0 Å². The summed E-state index contributed by atoms with van der Waals surface area (Å²) in [5.41, 5.74) is 3.24. The Bertz CT molecular complexity index is 916. The van der Waals surface area contributed by atoms with Crippen LogP contribution < -0.4 is 0 Å². The lowest BCUT2D eigenvalue weighted by Crippen LogP contribution is -2.40. The van der Waals surface area contributed by atoms with Crippen molar-refractivity contribution < 1.29 is 14.3 Å². The number of imide groups is 1. The highest BCUT2D eigenvalue weighted by molar-refractivity contribution is 6.35. The molecule has 0 aliphatic carbocycles.